The first kappa shape index (κ1) is 21.2. The van der Waals surface area contributed by atoms with Crippen molar-refractivity contribution in [3.63, 3.8) is 0 Å². The second-order valence-electron chi connectivity index (χ2n) is 7.97. The maximum absolute atomic E-state index is 12.9. The number of Topliss-reactive ketones (excluding diaryl/α,β-unsaturated/α-hetero) is 1. The van der Waals surface area contributed by atoms with E-state index in [4.69, 9.17) is 25.8 Å². The molecule has 3 rings (SSSR count). The fourth-order valence-corrected chi connectivity index (χ4v) is 4.14. The maximum atomic E-state index is 12.9. The number of ether oxygens (including phenoxy) is 3. The second-order valence-corrected chi connectivity index (χ2v) is 8.34. The summed E-state index contributed by atoms with van der Waals surface area (Å²) >= 11 is 6.21. The van der Waals surface area contributed by atoms with Crippen LogP contribution in [0.25, 0.3) is 0 Å². The van der Waals surface area contributed by atoms with E-state index in [2.05, 4.69) is 6.92 Å². The number of fused-ring (bicyclic) bond motifs is 1. The number of benzene rings is 1. The number of aryl methyl sites for hydroxylation is 2. The Morgan fingerprint density at radius 2 is 1.89 bits per heavy atom. The predicted octanol–water partition coefficient (Wildman–Crippen LogP) is 5.91. The van der Waals surface area contributed by atoms with Crippen LogP contribution in [0.1, 0.15) is 63.0 Å². The molecule has 1 saturated carbocycles. The Morgan fingerprint density at radius 3 is 2.61 bits per heavy atom. The van der Waals surface area contributed by atoms with Gasteiger partial charge in [0.1, 0.15) is 18.1 Å². The molecule has 1 aromatic carbocycles. The van der Waals surface area contributed by atoms with Crippen molar-refractivity contribution in [1.82, 2.24) is 0 Å². The smallest absolute Gasteiger partial charge is 0.207 e. The standard InChI is InChI=1S/C23H31ClO4/c1-4-5-6-7-10-26-17-8-9-19-20(13-17)27-14-21(23(19)25)28-18-11-15(2)22(24)16(3)12-18/h11-12,14,17,19-20H,4-10,13H2,1-3H3. The topological polar surface area (TPSA) is 44.8 Å². The van der Waals surface area contributed by atoms with Gasteiger partial charge in [-0.25, -0.2) is 0 Å². The summed E-state index contributed by atoms with van der Waals surface area (Å²) in [6.07, 6.45) is 8.83. The number of carbonyl (C=O) groups is 1. The molecule has 0 spiro atoms. The minimum atomic E-state index is -0.144. The second kappa shape index (κ2) is 9.80. The van der Waals surface area contributed by atoms with Crippen LogP contribution in [-0.4, -0.2) is 24.6 Å². The molecule has 4 nitrogen and oxygen atoms in total. The quantitative estimate of drug-likeness (QED) is 0.503. The van der Waals surface area contributed by atoms with Gasteiger partial charge in [-0.05, 0) is 56.4 Å². The van der Waals surface area contributed by atoms with Gasteiger partial charge in [-0.2, -0.15) is 0 Å². The lowest BCUT2D eigenvalue weighted by molar-refractivity contribution is -0.133. The first-order chi connectivity index (χ1) is 13.5. The van der Waals surface area contributed by atoms with Crippen LogP contribution in [0.5, 0.6) is 5.75 Å². The van der Waals surface area contributed by atoms with E-state index in [1.165, 1.54) is 25.5 Å². The summed E-state index contributed by atoms with van der Waals surface area (Å²) in [6, 6.07) is 3.69. The molecule has 0 bridgehead atoms. The summed E-state index contributed by atoms with van der Waals surface area (Å²) in [4.78, 5) is 12.9. The Kier molecular flexibility index (Phi) is 7.42. The monoisotopic (exact) mass is 406 g/mol. The molecule has 0 amide bonds. The zero-order valence-electron chi connectivity index (χ0n) is 17.1. The molecular formula is C23H31ClO4. The summed E-state index contributed by atoms with van der Waals surface area (Å²) in [5.74, 6) is 0.781. The van der Waals surface area contributed by atoms with Crippen molar-refractivity contribution in [1.29, 1.82) is 0 Å². The summed E-state index contributed by atoms with van der Waals surface area (Å²) in [6.45, 7) is 6.86. The third-order valence-electron chi connectivity index (χ3n) is 5.66. The van der Waals surface area contributed by atoms with Gasteiger partial charge in [0.2, 0.25) is 11.5 Å². The molecule has 0 saturated heterocycles. The zero-order valence-corrected chi connectivity index (χ0v) is 17.9. The van der Waals surface area contributed by atoms with Crippen LogP contribution in [0.2, 0.25) is 5.02 Å². The molecule has 3 unspecified atom stereocenters. The van der Waals surface area contributed by atoms with Crippen molar-refractivity contribution in [2.75, 3.05) is 6.61 Å². The van der Waals surface area contributed by atoms with Crippen molar-refractivity contribution in [3.05, 3.63) is 40.3 Å². The molecule has 2 aliphatic rings. The molecule has 5 heteroatoms. The Balaban J connectivity index is 1.56. The van der Waals surface area contributed by atoms with Gasteiger partial charge >= 0.3 is 0 Å². The van der Waals surface area contributed by atoms with Crippen LogP contribution in [0.3, 0.4) is 0 Å². The Morgan fingerprint density at radius 1 is 1.14 bits per heavy atom. The summed E-state index contributed by atoms with van der Waals surface area (Å²) in [7, 11) is 0. The Hall–Kier alpha value is -1.52. The van der Waals surface area contributed by atoms with Crippen molar-refractivity contribution >= 4 is 17.4 Å². The van der Waals surface area contributed by atoms with Crippen LogP contribution < -0.4 is 4.74 Å². The third kappa shape index (κ3) is 5.09. The van der Waals surface area contributed by atoms with Crippen LogP contribution in [-0.2, 0) is 14.3 Å². The van der Waals surface area contributed by atoms with Crippen LogP contribution >= 0.6 is 11.6 Å². The van der Waals surface area contributed by atoms with Crippen LogP contribution in [0.15, 0.2) is 24.2 Å². The molecule has 28 heavy (non-hydrogen) atoms. The average Bonchev–Trinajstić information content (AvgIpc) is 2.68. The highest BCUT2D eigenvalue weighted by Gasteiger charge is 2.41. The first-order valence-electron chi connectivity index (χ1n) is 10.5. The molecule has 0 aromatic heterocycles. The zero-order chi connectivity index (χ0) is 20.1. The van der Waals surface area contributed by atoms with Gasteiger partial charge in [0, 0.05) is 18.1 Å². The molecule has 154 valence electrons. The molecular weight excluding hydrogens is 376 g/mol. The molecule has 3 atom stereocenters. The van der Waals surface area contributed by atoms with E-state index in [0.717, 1.165) is 48.4 Å². The van der Waals surface area contributed by atoms with Gasteiger partial charge < -0.3 is 14.2 Å². The molecule has 1 aromatic rings. The number of carbonyl (C=O) groups excluding carboxylic acids is 1. The predicted molar refractivity (Wildman–Crippen MR) is 111 cm³/mol. The van der Waals surface area contributed by atoms with Crippen molar-refractivity contribution in [2.45, 2.75) is 77.9 Å². The SMILES string of the molecule is CCCCCCOC1CCC2C(=O)C(Oc3cc(C)c(Cl)c(C)c3)=COC2C1. The Labute approximate surface area is 173 Å². The number of allylic oxidation sites excluding steroid dienone is 1. The minimum absolute atomic E-state index is 0.0305. The lowest BCUT2D eigenvalue weighted by Crippen LogP contribution is -2.42. The van der Waals surface area contributed by atoms with Crippen LogP contribution in [0, 0.1) is 19.8 Å². The highest BCUT2D eigenvalue weighted by molar-refractivity contribution is 6.32. The largest absolute Gasteiger partial charge is 0.493 e. The number of hydrogen-bond acceptors (Lipinski definition) is 4. The average molecular weight is 407 g/mol. The lowest BCUT2D eigenvalue weighted by Gasteiger charge is -2.37. The fraction of sp³-hybridized carbons (Fsp3) is 0.609. The highest BCUT2D eigenvalue weighted by Crippen LogP contribution is 2.36. The molecule has 1 aliphatic carbocycles. The molecule has 1 heterocycles. The summed E-state index contributed by atoms with van der Waals surface area (Å²) < 4.78 is 17.8. The van der Waals surface area contributed by atoms with Gasteiger partial charge in [0.25, 0.3) is 0 Å². The fourth-order valence-electron chi connectivity index (χ4n) is 4.03. The van der Waals surface area contributed by atoms with Gasteiger partial charge in [0.15, 0.2) is 0 Å². The van der Waals surface area contributed by atoms with E-state index in [1.807, 2.05) is 26.0 Å². The minimum Gasteiger partial charge on any atom is -0.493 e. The summed E-state index contributed by atoms with van der Waals surface area (Å²) in [5, 5.41) is 0.723. The molecule has 1 fully saturated rings. The van der Waals surface area contributed by atoms with E-state index in [1.54, 1.807) is 0 Å². The molecule has 1 aliphatic heterocycles. The van der Waals surface area contributed by atoms with E-state index in [0.29, 0.717) is 5.75 Å². The first-order valence-corrected chi connectivity index (χ1v) is 10.8. The number of hydrogen-bond donors (Lipinski definition) is 0. The number of unbranched alkanes of at least 4 members (excludes halogenated alkanes) is 3. The van der Waals surface area contributed by atoms with E-state index in [9.17, 15) is 4.79 Å². The van der Waals surface area contributed by atoms with E-state index >= 15 is 0 Å². The molecule has 0 radical (unpaired) electrons. The summed E-state index contributed by atoms with van der Waals surface area (Å²) in [5.41, 5.74) is 1.85. The van der Waals surface area contributed by atoms with E-state index < -0.39 is 0 Å². The van der Waals surface area contributed by atoms with Gasteiger partial charge in [0.05, 0.1) is 12.0 Å². The van der Waals surface area contributed by atoms with Crippen molar-refractivity contribution < 1.29 is 19.0 Å². The lowest BCUT2D eigenvalue weighted by atomic mass is 9.80. The van der Waals surface area contributed by atoms with Crippen molar-refractivity contribution in [3.8, 4) is 5.75 Å². The van der Waals surface area contributed by atoms with Crippen LogP contribution in [0.4, 0.5) is 0 Å². The highest BCUT2D eigenvalue weighted by atomic mass is 35.5. The normalized spacial score (nSPS) is 24.4. The Bertz CT molecular complexity index is 704. The number of rotatable bonds is 8. The number of halogens is 1. The maximum Gasteiger partial charge on any atom is 0.207 e. The van der Waals surface area contributed by atoms with E-state index in [-0.39, 0.29) is 29.7 Å². The van der Waals surface area contributed by atoms with Gasteiger partial charge in [-0.1, -0.05) is 37.8 Å². The van der Waals surface area contributed by atoms with Gasteiger partial charge in [-0.3, -0.25) is 4.79 Å². The van der Waals surface area contributed by atoms with Crippen molar-refractivity contribution in [2.24, 2.45) is 5.92 Å². The number of ketones is 1. The molecule has 0 N–H and O–H groups in total. The van der Waals surface area contributed by atoms with Gasteiger partial charge in [-0.15, -0.1) is 0 Å². The third-order valence-corrected chi connectivity index (χ3v) is 6.26.